The normalized spacial score (nSPS) is 11.3. The average molecular weight is 408 g/mol. The molecule has 0 fully saturated rings. The van der Waals surface area contributed by atoms with Gasteiger partial charge in [-0.1, -0.05) is 6.07 Å². The van der Waals surface area contributed by atoms with Crippen LogP contribution in [-0.2, 0) is 0 Å². The minimum Gasteiger partial charge on any atom is -0.503 e. The van der Waals surface area contributed by atoms with Crippen molar-refractivity contribution in [1.29, 1.82) is 0 Å². The Kier molecular flexibility index (Phi) is 4.93. The average Bonchev–Trinajstić information content (AvgIpc) is 2.74. The van der Waals surface area contributed by atoms with Crippen molar-refractivity contribution in [1.82, 2.24) is 19.5 Å². The van der Waals surface area contributed by atoms with Crippen LogP contribution in [-0.4, -0.2) is 31.7 Å². The lowest BCUT2D eigenvalue weighted by Crippen LogP contribution is -2.24. The zero-order valence-corrected chi connectivity index (χ0v) is 15.6. The van der Waals surface area contributed by atoms with E-state index in [9.17, 15) is 18.7 Å². The molecular weight excluding hydrogens is 394 g/mol. The molecule has 9 heteroatoms. The molecular formula is C21H14F2N4O3. The number of fused-ring (bicyclic) bond motifs is 1. The summed E-state index contributed by atoms with van der Waals surface area (Å²) in [7, 11) is 1.35. The fourth-order valence-electron chi connectivity index (χ4n) is 2.98. The summed E-state index contributed by atoms with van der Waals surface area (Å²) in [6.07, 6.45) is 6.97. The summed E-state index contributed by atoms with van der Waals surface area (Å²) in [6, 6.07) is 6.23. The number of pyridine rings is 2. The Labute approximate surface area is 168 Å². The Bertz CT molecular complexity index is 1330. The fourth-order valence-corrected chi connectivity index (χ4v) is 2.98. The largest absolute Gasteiger partial charge is 0.503 e. The molecule has 0 aliphatic rings. The SMILES string of the molecule is COc1nccc(/C=C/c2nc3cnccc3c(=O)n2-c2c(F)cccc2F)c1O. The smallest absolute Gasteiger partial charge is 0.266 e. The Morgan fingerprint density at radius 1 is 1.10 bits per heavy atom. The van der Waals surface area contributed by atoms with Crippen LogP contribution in [0.1, 0.15) is 11.4 Å². The van der Waals surface area contributed by atoms with Gasteiger partial charge in [0.25, 0.3) is 11.4 Å². The van der Waals surface area contributed by atoms with E-state index >= 15 is 0 Å². The number of aromatic hydroxyl groups is 1. The van der Waals surface area contributed by atoms with E-state index in [1.165, 1.54) is 56.1 Å². The molecule has 0 saturated heterocycles. The maximum Gasteiger partial charge on any atom is 0.266 e. The van der Waals surface area contributed by atoms with Crippen molar-refractivity contribution in [3.05, 3.63) is 82.3 Å². The van der Waals surface area contributed by atoms with E-state index < -0.39 is 22.9 Å². The van der Waals surface area contributed by atoms with E-state index in [0.717, 1.165) is 16.7 Å². The first-order valence-electron chi connectivity index (χ1n) is 8.72. The number of halogens is 2. The molecule has 0 atom stereocenters. The highest BCUT2D eigenvalue weighted by molar-refractivity contribution is 5.79. The number of methoxy groups -OCH3 is 1. The number of aromatic nitrogens is 4. The molecule has 0 amide bonds. The molecule has 0 aliphatic heterocycles. The van der Waals surface area contributed by atoms with Gasteiger partial charge in [-0.05, 0) is 36.4 Å². The predicted octanol–water partition coefficient (Wildman–Crippen LogP) is 3.34. The van der Waals surface area contributed by atoms with Crippen LogP contribution in [0.25, 0.3) is 28.7 Å². The molecule has 0 unspecified atom stereocenters. The van der Waals surface area contributed by atoms with Gasteiger partial charge in [0.1, 0.15) is 23.1 Å². The second kappa shape index (κ2) is 7.70. The van der Waals surface area contributed by atoms with Gasteiger partial charge in [0.05, 0.1) is 24.2 Å². The first-order chi connectivity index (χ1) is 14.5. The summed E-state index contributed by atoms with van der Waals surface area (Å²) in [5, 5.41) is 10.4. The van der Waals surface area contributed by atoms with Crippen molar-refractivity contribution in [2.45, 2.75) is 0 Å². The molecule has 0 radical (unpaired) electrons. The predicted molar refractivity (Wildman–Crippen MR) is 106 cm³/mol. The zero-order valence-electron chi connectivity index (χ0n) is 15.6. The molecule has 4 rings (SSSR count). The van der Waals surface area contributed by atoms with Gasteiger partial charge in [0.2, 0.25) is 0 Å². The molecule has 1 N–H and O–H groups in total. The lowest BCUT2D eigenvalue weighted by Gasteiger charge is -2.13. The first kappa shape index (κ1) is 19.2. The van der Waals surface area contributed by atoms with Crippen LogP contribution >= 0.6 is 0 Å². The van der Waals surface area contributed by atoms with Gasteiger partial charge in [0, 0.05) is 18.0 Å². The first-order valence-corrected chi connectivity index (χ1v) is 8.72. The van der Waals surface area contributed by atoms with Crippen molar-refractivity contribution in [3.63, 3.8) is 0 Å². The third kappa shape index (κ3) is 3.26. The number of para-hydroxylation sites is 1. The van der Waals surface area contributed by atoms with Crippen LogP contribution in [0.4, 0.5) is 8.78 Å². The van der Waals surface area contributed by atoms with Gasteiger partial charge >= 0.3 is 0 Å². The highest BCUT2D eigenvalue weighted by Gasteiger charge is 2.18. The molecule has 3 heterocycles. The molecule has 1 aromatic carbocycles. The van der Waals surface area contributed by atoms with Gasteiger partial charge in [-0.25, -0.2) is 18.7 Å². The molecule has 4 aromatic rings. The van der Waals surface area contributed by atoms with E-state index in [-0.39, 0.29) is 28.4 Å². The molecule has 0 bridgehead atoms. The molecule has 30 heavy (non-hydrogen) atoms. The van der Waals surface area contributed by atoms with Gasteiger partial charge in [-0.3, -0.25) is 14.3 Å². The van der Waals surface area contributed by atoms with Crippen molar-refractivity contribution < 1.29 is 18.6 Å². The highest BCUT2D eigenvalue weighted by atomic mass is 19.1. The molecule has 0 saturated carbocycles. The van der Waals surface area contributed by atoms with Crippen molar-refractivity contribution in [3.8, 4) is 17.3 Å². The Balaban J connectivity index is 1.99. The molecule has 0 spiro atoms. The van der Waals surface area contributed by atoms with E-state index in [2.05, 4.69) is 15.0 Å². The van der Waals surface area contributed by atoms with E-state index in [1.807, 2.05) is 0 Å². The Morgan fingerprint density at radius 3 is 2.60 bits per heavy atom. The van der Waals surface area contributed by atoms with E-state index in [0.29, 0.717) is 5.56 Å². The summed E-state index contributed by atoms with van der Waals surface area (Å²) < 4.78 is 34.8. The van der Waals surface area contributed by atoms with Gasteiger partial charge < -0.3 is 9.84 Å². The number of nitrogens with zero attached hydrogens (tertiary/aromatic N) is 4. The number of hydrogen-bond acceptors (Lipinski definition) is 6. The van der Waals surface area contributed by atoms with Crippen LogP contribution in [0.2, 0.25) is 0 Å². The number of rotatable bonds is 4. The van der Waals surface area contributed by atoms with Crippen molar-refractivity contribution in [2.24, 2.45) is 0 Å². The quantitative estimate of drug-likeness (QED) is 0.557. The summed E-state index contributed by atoms with van der Waals surface area (Å²) >= 11 is 0. The van der Waals surface area contributed by atoms with Crippen LogP contribution in [0, 0.1) is 11.6 Å². The maximum atomic E-state index is 14.5. The molecule has 3 aromatic heterocycles. The lowest BCUT2D eigenvalue weighted by molar-refractivity contribution is 0.358. The molecule has 0 aliphatic carbocycles. The van der Waals surface area contributed by atoms with Crippen LogP contribution in [0.3, 0.4) is 0 Å². The standard InChI is InChI=1S/C21H14F2N4O3/c1-30-20-19(28)12(7-10-25-20)5-6-17-26-16-11-24-9-8-13(16)21(29)27(17)18-14(22)3-2-4-15(18)23/h2-11,28H,1H3/b6-5+. The maximum absolute atomic E-state index is 14.5. The van der Waals surface area contributed by atoms with Gasteiger partial charge in [-0.15, -0.1) is 0 Å². The van der Waals surface area contributed by atoms with E-state index in [4.69, 9.17) is 4.74 Å². The van der Waals surface area contributed by atoms with Crippen molar-refractivity contribution in [2.75, 3.05) is 7.11 Å². The van der Waals surface area contributed by atoms with Gasteiger partial charge in [0.15, 0.2) is 5.75 Å². The molecule has 150 valence electrons. The highest BCUT2D eigenvalue weighted by Crippen LogP contribution is 2.28. The number of ether oxygens (including phenoxy) is 1. The Morgan fingerprint density at radius 2 is 1.87 bits per heavy atom. The minimum absolute atomic E-state index is 0.00496. The number of benzene rings is 1. The topological polar surface area (TPSA) is 90.1 Å². The lowest BCUT2D eigenvalue weighted by atomic mass is 10.2. The second-order valence-electron chi connectivity index (χ2n) is 6.17. The summed E-state index contributed by atoms with van der Waals surface area (Å²) in [5.41, 5.74) is -0.651. The van der Waals surface area contributed by atoms with Gasteiger partial charge in [-0.2, -0.15) is 0 Å². The Hall–Kier alpha value is -4.14. The fraction of sp³-hybridized carbons (Fsp3) is 0.0476. The second-order valence-corrected chi connectivity index (χ2v) is 6.17. The van der Waals surface area contributed by atoms with Crippen LogP contribution in [0.15, 0.2) is 53.7 Å². The summed E-state index contributed by atoms with van der Waals surface area (Å²) in [5.74, 6) is -2.12. The minimum atomic E-state index is -0.921. The summed E-state index contributed by atoms with van der Waals surface area (Å²) in [6.45, 7) is 0. The summed E-state index contributed by atoms with van der Waals surface area (Å²) in [4.78, 5) is 25.2. The van der Waals surface area contributed by atoms with Crippen molar-refractivity contribution >= 4 is 23.1 Å². The third-order valence-electron chi connectivity index (χ3n) is 4.39. The number of hydrogen-bond donors (Lipinski definition) is 1. The van der Waals surface area contributed by atoms with E-state index in [1.54, 1.807) is 0 Å². The zero-order chi connectivity index (χ0) is 21.3. The molecule has 7 nitrogen and oxygen atoms in total. The van der Waals surface area contributed by atoms with Crippen LogP contribution < -0.4 is 10.3 Å². The third-order valence-corrected chi connectivity index (χ3v) is 4.39. The van der Waals surface area contributed by atoms with Crippen LogP contribution in [0.5, 0.6) is 11.6 Å². The monoisotopic (exact) mass is 408 g/mol.